The highest BCUT2D eigenvalue weighted by Gasteiger charge is 2.29. The van der Waals surface area contributed by atoms with E-state index in [0.717, 1.165) is 12.0 Å². The fourth-order valence-electron chi connectivity index (χ4n) is 3.40. The Hall–Kier alpha value is -3.71. The minimum atomic E-state index is -1.23. The summed E-state index contributed by atoms with van der Waals surface area (Å²) in [6.07, 6.45) is 2.42. The maximum absolute atomic E-state index is 13.3. The molecular formula is C24H40N8O5. The van der Waals surface area contributed by atoms with Crippen LogP contribution in [0.25, 0.3) is 0 Å². The van der Waals surface area contributed by atoms with Gasteiger partial charge in [0.25, 0.3) is 0 Å². The highest BCUT2D eigenvalue weighted by Crippen LogP contribution is 2.07. The second-order valence-corrected chi connectivity index (χ2v) is 8.72. The number of unbranched alkanes of at least 4 members (excludes halogenated alkanes) is 1. The van der Waals surface area contributed by atoms with Gasteiger partial charge in [0, 0.05) is 13.0 Å². The molecule has 0 aliphatic heterocycles. The van der Waals surface area contributed by atoms with Crippen molar-refractivity contribution in [3.05, 3.63) is 35.9 Å². The first kappa shape index (κ1) is 31.3. The molecule has 0 bridgehead atoms. The second kappa shape index (κ2) is 16.9. The van der Waals surface area contributed by atoms with Crippen LogP contribution in [0, 0.1) is 0 Å². The van der Waals surface area contributed by atoms with Crippen LogP contribution in [0.3, 0.4) is 0 Å². The third-order valence-corrected chi connectivity index (χ3v) is 5.53. The van der Waals surface area contributed by atoms with Crippen molar-refractivity contribution < 1.29 is 24.3 Å². The molecule has 0 fully saturated rings. The third kappa shape index (κ3) is 12.7. The van der Waals surface area contributed by atoms with E-state index in [-0.39, 0.29) is 25.3 Å². The lowest BCUT2D eigenvalue weighted by atomic mass is 10.0. The van der Waals surface area contributed by atoms with Crippen molar-refractivity contribution in [2.45, 2.75) is 69.6 Å². The van der Waals surface area contributed by atoms with Gasteiger partial charge in [-0.05, 0) is 44.7 Å². The van der Waals surface area contributed by atoms with Gasteiger partial charge < -0.3 is 44.0 Å². The summed E-state index contributed by atoms with van der Waals surface area (Å²) in [6, 6.07) is 4.94. The van der Waals surface area contributed by atoms with Gasteiger partial charge in [-0.2, -0.15) is 0 Å². The van der Waals surface area contributed by atoms with E-state index in [1.807, 2.05) is 18.2 Å². The number of hydrogen-bond donors (Lipinski definition) is 8. The molecule has 0 aliphatic carbocycles. The molecule has 206 valence electrons. The van der Waals surface area contributed by atoms with E-state index < -0.39 is 47.9 Å². The molecular weight excluding hydrogens is 480 g/mol. The molecule has 0 spiro atoms. The van der Waals surface area contributed by atoms with Crippen molar-refractivity contribution in [1.82, 2.24) is 16.0 Å². The number of nitrogens with two attached hydrogens (primary N) is 4. The smallest absolute Gasteiger partial charge is 0.325 e. The molecule has 37 heavy (non-hydrogen) atoms. The molecule has 4 atom stereocenters. The Morgan fingerprint density at radius 3 is 2.11 bits per heavy atom. The van der Waals surface area contributed by atoms with Crippen molar-refractivity contribution in [3.63, 3.8) is 0 Å². The Bertz CT molecular complexity index is 908. The van der Waals surface area contributed by atoms with E-state index >= 15 is 0 Å². The summed E-state index contributed by atoms with van der Waals surface area (Å²) >= 11 is 0. The van der Waals surface area contributed by atoms with Crippen molar-refractivity contribution in [2.75, 3.05) is 13.1 Å². The summed E-state index contributed by atoms with van der Waals surface area (Å²) in [5.74, 6) is -3.14. The Morgan fingerprint density at radius 1 is 0.892 bits per heavy atom. The Balaban J connectivity index is 3.04. The van der Waals surface area contributed by atoms with Gasteiger partial charge in [0.15, 0.2) is 5.96 Å². The number of carboxylic acids is 1. The van der Waals surface area contributed by atoms with Gasteiger partial charge >= 0.3 is 5.97 Å². The number of amides is 3. The molecule has 0 radical (unpaired) electrons. The molecule has 0 heterocycles. The topological polar surface area (TPSA) is 241 Å². The molecule has 0 aliphatic rings. The largest absolute Gasteiger partial charge is 0.480 e. The molecule has 1 rings (SSSR count). The van der Waals surface area contributed by atoms with Gasteiger partial charge in [0.2, 0.25) is 17.7 Å². The normalized spacial score (nSPS) is 13.9. The summed E-state index contributed by atoms with van der Waals surface area (Å²) in [4.78, 5) is 53.9. The van der Waals surface area contributed by atoms with Gasteiger partial charge in [0.05, 0.1) is 6.04 Å². The lowest BCUT2D eigenvalue weighted by Crippen LogP contribution is -2.57. The van der Waals surface area contributed by atoms with E-state index in [1.54, 1.807) is 12.1 Å². The number of nitrogens with zero attached hydrogens (tertiary/aromatic N) is 1. The van der Waals surface area contributed by atoms with Gasteiger partial charge in [-0.25, -0.2) is 0 Å². The average Bonchev–Trinajstić information content (AvgIpc) is 2.85. The number of guanidine groups is 1. The zero-order valence-corrected chi connectivity index (χ0v) is 21.2. The van der Waals surface area contributed by atoms with Crippen molar-refractivity contribution >= 4 is 29.7 Å². The van der Waals surface area contributed by atoms with E-state index in [0.29, 0.717) is 25.8 Å². The molecule has 12 N–H and O–H groups in total. The molecule has 3 amide bonds. The molecule has 0 saturated carbocycles. The standard InChI is InChI=1S/C24H40N8O5/c1-15(23(36)37)30-21(34)18(11-7-13-29-24(27)28)31-22(35)19(14-16-8-3-2-4-9-16)32-20(33)17(26)10-5-6-12-25/h2-4,8-9,15,17-19H,5-7,10-14,25-26H2,1H3,(H,30,34)(H,31,35)(H,32,33)(H,36,37)(H4,27,28,29). The number of carboxylic acid groups (broad SMARTS) is 1. The third-order valence-electron chi connectivity index (χ3n) is 5.53. The quantitative estimate of drug-likeness (QED) is 0.0662. The van der Waals surface area contributed by atoms with Crippen LogP contribution in [0.1, 0.15) is 44.6 Å². The predicted molar refractivity (Wildman–Crippen MR) is 140 cm³/mol. The zero-order chi connectivity index (χ0) is 27.8. The number of carbonyl (C=O) groups excluding carboxylic acids is 3. The van der Waals surface area contributed by atoms with Crippen LogP contribution in [0.2, 0.25) is 0 Å². The number of rotatable bonds is 17. The SMILES string of the molecule is CC(NC(=O)C(CCCN=C(N)N)NC(=O)C(Cc1ccccc1)NC(=O)C(N)CCCCN)C(=O)O. The Kier molecular flexibility index (Phi) is 14.3. The van der Waals surface area contributed by atoms with Crippen molar-refractivity contribution in [2.24, 2.45) is 27.9 Å². The molecule has 1 aromatic rings. The highest BCUT2D eigenvalue weighted by atomic mass is 16.4. The van der Waals surface area contributed by atoms with Crippen molar-refractivity contribution in [3.8, 4) is 0 Å². The van der Waals surface area contributed by atoms with Gasteiger partial charge in [-0.1, -0.05) is 36.8 Å². The number of nitrogens with one attached hydrogen (secondary N) is 3. The average molecular weight is 521 g/mol. The molecule has 0 saturated heterocycles. The second-order valence-electron chi connectivity index (χ2n) is 8.72. The first-order chi connectivity index (χ1) is 17.5. The summed E-state index contributed by atoms with van der Waals surface area (Å²) in [6.45, 7) is 2.00. The van der Waals surface area contributed by atoms with Crippen LogP contribution >= 0.6 is 0 Å². The minimum absolute atomic E-state index is 0.113. The minimum Gasteiger partial charge on any atom is -0.480 e. The predicted octanol–water partition coefficient (Wildman–Crippen LogP) is -1.70. The number of carbonyl (C=O) groups is 4. The maximum Gasteiger partial charge on any atom is 0.325 e. The van der Waals surface area contributed by atoms with Crippen molar-refractivity contribution in [1.29, 1.82) is 0 Å². The summed E-state index contributed by atoms with van der Waals surface area (Å²) in [5, 5.41) is 16.8. The van der Waals surface area contributed by atoms with Crippen LogP contribution in [-0.2, 0) is 25.6 Å². The van der Waals surface area contributed by atoms with E-state index in [4.69, 9.17) is 28.0 Å². The van der Waals surface area contributed by atoms with E-state index in [2.05, 4.69) is 20.9 Å². The zero-order valence-electron chi connectivity index (χ0n) is 21.2. The monoisotopic (exact) mass is 520 g/mol. The van der Waals surface area contributed by atoms with Crippen LogP contribution in [0.4, 0.5) is 0 Å². The Labute approximate surface area is 216 Å². The van der Waals surface area contributed by atoms with E-state index in [1.165, 1.54) is 6.92 Å². The fourth-order valence-corrected chi connectivity index (χ4v) is 3.40. The molecule has 4 unspecified atom stereocenters. The van der Waals surface area contributed by atoms with Crippen LogP contribution in [0.15, 0.2) is 35.3 Å². The number of aliphatic imine (C=N–C) groups is 1. The summed E-state index contributed by atoms with van der Waals surface area (Å²) in [7, 11) is 0. The fraction of sp³-hybridized carbons (Fsp3) is 0.542. The summed E-state index contributed by atoms with van der Waals surface area (Å²) in [5.41, 5.74) is 22.9. The van der Waals surface area contributed by atoms with Gasteiger partial charge in [-0.3, -0.25) is 24.2 Å². The first-order valence-corrected chi connectivity index (χ1v) is 12.2. The van der Waals surface area contributed by atoms with Crippen LogP contribution in [0.5, 0.6) is 0 Å². The molecule has 0 aromatic heterocycles. The van der Waals surface area contributed by atoms with Gasteiger partial charge in [-0.15, -0.1) is 0 Å². The number of hydrogen-bond acceptors (Lipinski definition) is 7. The number of aliphatic carboxylic acids is 1. The Morgan fingerprint density at radius 2 is 1.51 bits per heavy atom. The van der Waals surface area contributed by atoms with Crippen LogP contribution < -0.4 is 38.9 Å². The number of benzene rings is 1. The first-order valence-electron chi connectivity index (χ1n) is 12.2. The lowest BCUT2D eigenvalue weighted by Gasteiger charge is -2.25. The highest BCUT2D eigenvalue weighted by molar-refractivity contribution is 5.94. The van der Waals surface area contributed by atoms with E-state index in [9.17, 15) is 19.2 Å². The summed E-state index contributed by atoms with van der Waals surface area (Å²) < 4.78 is 0. The molecule has 1 aromatic carbocycles. The lowest BCUT2D eigenvalue weighted by molar-refractivity contribution is -0.141. The van der Waals surface area contributed by atoms with Gasteiger partial charge in [0.1, 0.15) is 18.1 Å². The van der Waals surface area contributed by atoms with Crippen LogP contribution in [-0.4, -0.2) is 72.0 Å². The molecule has 13 nitrogen and oxygen atoms in total. The molecule has 13 heteroatoms. The maximum atomic E-state index is 13.3.